The molecule has 1 aliphatic heterocycles. The van der Waals surface area contributed by atoms with Crippen LogP contribution >= 0.6 is 15.6 Å². The first-order valence-electron chi connectivity index (χ1n) is 13.1. The minimum absolute atomic E-state index is 0.201. The van der Waals surface area contributed by atoms with E-state index in [0.29, 0.717) is 4.57 Å². The van der Waals surface area contributed by atoms with Crippen LogP contribution in [-0.4, -0.2) is 96.8 Å². The summed E-state index contributed by atoms with van der Waals surface area (Å²) in [7, 11) is -10.3. The summed E-state index contributed by atoms with van der Waals surface area (Å²) in [5, 5.41) is 22.8. The molecule has 1 saturated carbocycles. The number of halogens is 1. The second-order valence-electron chi connectivity index (χ2n) is 10.5. The van der Waals surface area contributed by atoms with E-state index in [-0.39, 0.29) is 4.57 Å². The van der Waals surface area contributed by atoms with Gasteiger partial charge in [-0.1, -0.05) is 0 Å². The van der Waals surface area contributed by atoms with Gasteiger partial charge in [0.15, 0.2) is 17.4 Å². The Morgan fingerprint density at radius 3 is 1.96 bits per heavy atom. The number of phosphoric acid groups is 2. The van der Waals surface area contributed by atoms with Gasteiger partial charge in [-0.25, -0.2) is 41.5 Å². The van der Waals surface area contributed by atoms with Crippen molar-refractivity contribution < 1.29 is 84.9 Å². The lowest BCUT2D eigenvalue weighted by Gasteiger charge is -2.33. The van der Waals surface area contributed by atoms with E-state index in [1.807, 2.05) is 0 Å². The highest BCUT2D eigenvalue weighted by molar-refractivity contribution is 7.48. The fourth-order valence-corrected chi connectivity index (χ4v) is 5.82. The van der Waals surface area contributed by atoms with Crippen molar-refractivity contribution >= 4 is 28.0 Å². The van der Waals surface area contributed by atoms with Gasteiger partial charge in [0.05, 0.1) is 12.2 Å². The number of hydrogen-bond acceptors (Lipinski definition) is 17. The maximum Gasteiger partial charge on any atom is 0.510 e. The van der Waals surface area contributed by atoms with Crippen molar-refractivity contribution in [1.82, 2.24) is 9.13 Å². The van der Waals surface area contributed by atoms with E-state index in [0.717, 1.165) is 19.2 Å². The van der Waals surface area contributed by atoms with Crippen LogP contribution in [0.2, 0.25) is 0 Å². The summed E-state index contributed by atoms with van der Waals surface area (Å²) in [5.74, 6) is 0. The molecule has 1 unspecified atom stereocenters. The first-order valence-corrected chi connectivity index (χ1v) is 16.1. The minimum atomic E-state index is -5.15. The van der Waals surface area contributed by atoms with Gasteiger partial charge in [0, 0.05) is 12.3 Å². The molecule has 1 aromatic rings. The molecule has 2 fully saturated rings. The van der Waals surface area contributed by atoms with E-state index >= 15 is 0 Å². The number of phosphoric ester groups is 2. The standard InChI is InChI=1S/C22H33FN2O19P2/c1-12(2)41-18(28)36-10-39-46(35,40-11-37-19(29)42-13(3)4)44-15-21(8-23)22(15,31)20(5,30)16(43-21)24-7-6-14(26)25(17(24)27)9-38-45(32,33)34/h6-7,12-13,15-16,30-31H,8-11H2,1-5H3,(H2,32,33,34)/t15?,16-,20+,21-,22+/m1/s1. The van der Waals surface area contributed by atoms with E-state index in [4.69, 9.17) is 37.6 Å². The molecule has 4 N–H and O–H groups in total. The summed E-state index contributed by atoms with van der Waals surface area (Å²) in [4.78, 5) is 66.4. The number of carbonyl (C=O) groups is 2. The van der Waals surface area contributed by atoms with Crippen LogP contribution in [0, 0.1) is 0 Å². The van der Waals surface area contributed by atoms with Gasteiger partial charge >= 0.3 is 33.6 Å². The predicted molar refractivity (Wildman–Crippen MR) is 142 cm³/mol. The largest absolute Gasteiger partial charge is 0.510 e. The predicted octanol–water partition coefficient (Wildman–Crippen LogP) is 0.374. The Morgan fingerprint density at radius 1 is 1.00 bits per heavy atom. The molecule has 0 bridgehead atoms. The van der Waals surface area contributed by atoms with Crippen molar-refractivity contribution in [2.24, 2.45) is 0 Å². The summed E-state index contributed by atoms with van der Waals surface area (Å²) >= 11 is 0. The average Bonchev–Trinajstić information content (AvgIpc) is 3.35. The molecule has 0 spiro atoms. The molecular weight excluding hydrogens is 677 g/mol. The zero-order valence-electron chi connectivity index (χ0n) is 24.9. The van der Waals surface area contributed by atoms with Crippen LogP contribution in [0.1, 0.15) is 40.8 Å². The number of ether oxygens (including phenoxy) is 5. The van der Waals surface area contributed by atoms with Crippen molar-refractivity contribution in [3.05, 3.63) is 33.1 Å². The molecule has 3 rings (SSSR count). The van der Waals surface area contributed by atoms with Crippen LogP contribution in [-0.2, 0) is 57.6 Å². The maximum absolute atomic E-state index is 14.6. The van der Waals surface area contributed by atoms with Crippen molar-refractivity contribution in [3.63, 3.8) is 0 Å². The lowest BCUT2D eigenvalue weighted by Crippen LogP contribution is -2.52. The zero-order chi connectivity index (χ0) is 34.9. The molecular formula is C22H33FN2O19P2. The highest BCUT2D eigenvalue weighted by Gasteiger charge is 2.93. The van der Waals surface area contributed by atoms with Crippen molar-refractivity contribution in [2.75, 3.05) is 20.3 Å². The SMILES string of the molecule is CC(C)OC(=O)OCOP(=O)(OCOC(=O)OC(C)C)OC1[C@]2(O)[C@@](C)(O)[C@H](n3ccc(=O)n(COP(=O)(O)O)c3=O)O[C@]12CF. The fraction of sp³-hybridized carbons (Fsp3) is 0.727. The maximum atomic E-state index is 14.6. The van der Waals surface area contributed by atoms with Crippen molar-refractivity contribution in [3.8, 4) is 0 Å². The number of aliphatic hydroxyl groups is 2. The summed E-state index contributed by atoms with van der Waals surface area (Å²) in [6.45, 7) is 1.61. The van der Waals surface area contributed by atoms with Gasteiger partial charge in [-0.05, 0) is 34.6 Å². The molecule has 2 heterocycles. The molecule has 1 saturated heterocycles. The molecule has 24 heteroatoms. The van der Waals surface area contributed by atoms with Gasteiger partial charge < -0.3 is 43.7 Å². The first-order chi connectivity index (χ1) is 21.1. The van der Waals surface area contributed by atoms with Crippen LogP contribution < -0.4 is 11.2 Å². The fourth-order valence-electron chi connectivity index (χ4n) is 4.42. The van der Waals surface area contributed by atoms with E-state index in [2.05, 4.69) is 14.0 Å². The Bertz CT molecular complexity index is 1470. The number of carbonyl (C=O) groups excluding carboxylic acids is 2. The molecule has 1 aliphatic carbocycles. The first kappa shape index (κ1) is 37.7. The lowest BCUT2D eigenvalue weighted by molar-refractivity contribution is -0.169. The molecule has 0 amide bonds. The number of hydrogen-bond donors (Lipinski definition) is 4. The second-order valence-corrected chi connectivity index (χ2v) is 13.3. The third-order valence-electron chi connectivity index (χ3n) is 6.51. The summed E-state index contributed by atoms with van der Waals surface area (Å²) in [6, 6.07) is 0.721. The summed E-state index contributed by atoms with van der Waals surface area (Å²) in [5.41, 5.74) is -10.6. The molecule has 5 atom stereocenters. The van der Waals surface area contributed by atoms with E-state index in [1.54, 1.807) is 0 Å². The van der Waals surface area contributed by atoms with Gasteiger partial charge in [-0.15, -0.1) is 0 Å². The van der Waals surface area contributed by atoms with Crippen LogP contribution in [0.4, 0.5) is 14.0 Å². The lowest BCUT2D eigenvalue weighted by atomic mass is 9.94. The van der Waals surface area contributed by atoms with Crippen LogP contribution in [0.25, 0.3) is 0 Å². The highest BCUT2D eigenvalue weighted by Crippen LogP contribution is 2.72. The van der Waals surface area contributed by atoms with Crippen LogP contribution in [0.5, 0.6) is 0 Å². The Kier molecular flexibility index (Phi) is 11.3. The Morgan fingerprint density at radius 2 is 1.52 bits per heavy atom. The summed E-state index contributed by atoms with van der Waals surface area (Å²) in [6.07, 6.45) is -7.07. The monoisotopic (exact) mass is 710 g/mol. The highest BCUT2D eigenvalue weighted by atomic mass is 31.2. The van der Waals surface area contributed by atoms with Gasteiger partial charge in [-0.3, -0.25) is 18.4 Å². The van der Waals surface area contributed by atoms with Crippen LogP contribution in [0.3, 0.4) is 0 Å². The molecule has 0 radical (unpaired) electrons. The van der Waals surface area contributed by atoms with Gasteiger partial charge in [-0.2, -0.15) is 0 Å². The molecule has 0 aromatic carbocycles. The number of nitrogens with zero attached hydrogens (tertiary/aromatic N) is 2. The molecule has 2 aliphatic rings. The average molecular weight is 710 g/mol. The molecule has 21 nitrogen and oxygen atoms in total. The van der Waals surface area contributed by atoms with Crippen molar-refractivity contribution in [1.29, 1.82) is 0 Å². The van der Waals surface area contributed by atoms with Crippen LogP contribution in [0.15, 0.2) is 21.9 Å². The topological polar surface area (TPSA) is 276 Å². The van der Waals surface area contributed by atoms with E-state index in [1.165, 1.54) is 27.7 Å². The van der Waals surface area contributed by atoms with Crippen molar-refractivity contribution in [2.45, 2.75) is 82.7 Å². The molecule has 262 valence electrons. The Hall–Kier alpha value is -2.75. The van der Waals surface area contributed by atoms with Gasteiger partial charge in [0.25, 0.3) is 5.56 Å². The molecule has 1 aromatic heterocycles. The quantitative estimate of drug-likeness (QED) is 0.109. The Balaban J connectivity index is 1.87. The van der Waals surface area contributed by atoms with Gasteiger partial charge in [0.1, 0.15) is 25.1 Å². The third kappa shape index (κ3) is 7.69. The summed E-state index contributed by atoms with van der Waals surface area (Å²) < 4.78 is 83.2. The smallest absolute Gasteiger partial charge is 0.432 e. The molecule has 46 heavy (non-hydrogen) atoms. The van der Waals surface area contributed by atoms with E-state index < -0.39 is 108 Å². The number of rotatable bonds is 15. The minimum Gasteiger partial charge on any atom is -0.432 e. The zero-order valence-corrected chi connectivity index (χ0v) is 26.7. The number of alkyl halides is 1. The van der Waals surface area contributed by atoms with Gasteiger partial charge in [0.2, 0.25) is 13.6 Å². The third-order valence-corrected chi connectivity index (χ3v) is 8.28. The number of fused-ring (bicyclic) bond motifs is 1. The number of aromatic nitrogens is 2. The second kappa shape index (κ2) is 13.8. The van der Waals surface area contributed by atoms with E-state index in [9.17, 15) is 42.9 Å². The Labute approximate surface area is 258 Å². The normalized spacial score (nSPS) is 27.4.